The summed E-state index contributed by atoms with van der Waals surface area (Å²) in [5, 5.41) is 0. The molecular weight excluding hydrogens is 303 g/mol. The van der Waals surface area contributed by atoms with Gasteiger partial charge in [-0.25, -0.2) is 0 Å². The molecule has 1 aromatic heterocycles. The van der Waals surface area contributed by atoms with Crippen molar-refractivity contribution in [2.45, 2.75) is 65.2 Å². The van der Waals surface area contributed by atoms with Gasteiger partial charge in [0.1, 0.15) is 0 Å². The second-order valence-corrected chi connectivity index (χ2v) is 8.44. The van der Waals surface area contributed by atoms with Gasteiger partial charge in [0.15, 0.2) is 0 Å². The Morgan fingerprint density at radius 3 is 2.17 bits per heavy atom. The fraction of sp³-hybridized carbons (Fsp3) is 0.611. The van der Waals surface area contributed by atoms with Crippen molar-refractivity contribution in [3.8, 4) is 6.01 Å². The molecule has 1 saturated heterocycles. The van der Waals surface area contributed by atoms with Gasteiger partial charge in [-0.2, -0.15) is 4.98 Å². The van der Waals surface area contributed by atoms with Crippen LogP contribution in [0.3, 0.4) is 0 Å². The SMILES string of the molecule is COc1nc2ccc(B3OC(C)(C)C(C)(C)O3)cc2n1C(C)(C)C. The monoisotopic (exact) mass is 330 g/mol. The summed E-state index contributed by atoms with van der Waals surface area (Å²) in [6.45, 7) is 14.7. The highest BCUT2D eigenvalue weighted by Crippen LogP contribution is 2.37. The zero-order valence-electron chi connectivity index (χ0n) is 15.9. The van der Waals surface area contributed by atoms with Crippen LogP contribution in [-0.4, -0.2) is 35.0 Å². The minimum atomic E-state index is -0.381. The summed E-state index contributed by atoms with van der Waals surface area (Å²) in [6.07, 6.45) is 0. The molecule has 0 spiro atoms. The first kappa shape index (κ1) is 17.3. The van der Waals surface area contributed by atoms with E-state index in [1.165, 1.54) is 0 Å². The van der Waals surface area contributed by atoms with Gasteiger partial charge in [-0.1, -0.05) is 6.07 Å². The second-order valence-electron chi connectivity index (χ2n) is 8.44. The lowest BCUT2D eigenvalue weighted by atomic mass is 9.79. The maximum absolute atomic E-state index is 6.17. The van der Waals surface area contributed by atoms with Crippen molar-refractivity contribution in [2.75, 3.05) is 7.11 Å². The van der Waals surface area contributed by atoms with E-state index >= 15 is 0 Å². The quantitative estimate of drug-likeness (QED) is 0.794. The molecule has 5 nitrogen and oxygen atoms in total. The molecule has 0 unspecified atom stereocenters. The number of benzene rings is 1. The molecule has 3 rings (SSSR count). The Bertz CT molecular complexity index is 758. The Balaban J connectivity index is 2.10. The average Bonchev–Trinajstić information content (AvgIpc) is 2.92. The van der Waals surface area contributed by atoms with Crippen molar-refractivity contribution < 1.29 is 14.0 Å². The van der Waals surface area contributed by atoms with Gasteiger partial charge in [-0.05, 0) is 66.1 Å². The van der Waals surface area contributed by atoms with Gasteiger partial charge in [0.05, 0.1) is 29.3 Å². The number of ether oxygens (including phenoxy) is 1. The molecule has 2 heterocycles. The van der Waals surface area contributed by atoms with E-state index in [0.29, 0.717) is 6.01 Å². The predicted octanol–water partition coefficient (Wildman–Crippen LogP) is 3.10. The molecule has 1 fully saturated rings. The van der Waals surface area contributed by atoms with E-state index in [0.717, 1.165) is 16.5 Å². The van der Waals surface area contributed by atoms with Crippen molar-refractivity contribution in [3.63, 3.8) is 0 Å². The van der Waals surface area contributed by atoms with E-state index in [1.54, 1.807) is 7.11 Å². The van der Waals surface area contributed by atoms with Crippen molar-refractivity contribution in [2.24, 2.45) is 0 Å². The number of fused-ring (bicyclic) bond motifs is 1. The maximum atomic E-state index is 6.17. The lowest BCUT2D eigenvalue weighted by molar-refractivity contribution is 0.00578. The van der Waals surface area contributed by atoms with Crippen LogP contribution in [0, 0.1) is 0 Å². The first-order chi connectivity index (χ1) is 11.0. The maximum Gasteiger partial charge on any atom is 0.494 e. The first-order valence-electron chi connectivity index (χ1n) is 8.39. The van der Waals surface area contributed by atoms with Crippen molar-refractivity contribution in [1.29, 1.82) is 0 Å². The van der Waals surface area contributed by atoms with Crippen LogP contribution >= 0.6 is 0 Å². The molecule has 0 bridgehead atoms. The van der Waals surface area contributed by atoms with Crippen LogP contribution in [0.4, 0.5) is 0 Å². The van der Waals surface area contributed by atoms with E-state index in [1.807, 2.05) is 12.1 Å². The second kappa shape index (κ2) is 5.23. The minimum absolute atomic E-state index is 0.144. The zero-order chi connectivity index (χ0) is 17.9. The third-order valence-corrected chi connectivity index (χ3v) is 5.03. The summed E-state index contributed by atoms with van der Waals surface area (Å²) in [6, 6.07) is 6.73. The van der Waals surface area contributed by atoms with E-state index in [9.17, 15) is 0 Å². The van der Waals surface area contributed by atoms with Crippen LogP contribution in [0.1, 0.15) is 48.5 Å². The van der Waals surface area contributed by atoms with Crippen LogP contribution in [0.25, 0.3) is 11.0 Å². The Morgan fingerprint density at radius 1 is 1.08 bits per heavy atom. The lowest BCUT2D eigenvalue weighted by Crippen LogP contribution is -2.41. The molecule has 0 N–H and O–H groups in total. The number of nitrogens with zero attached hydrogens (tertiary/aromatic N) is 2. The average molecular weight is 330 g/mol. The van der Waals surface area contributed by atoms with Crippen LogP contribution in [0.15, 0.2) is 18.2 Å². The predicted molar refractivity (Wildman–Crippen MR) is 97.0 cm³/mol. The van der Waals surface area contributed by atoms with E-state index in [2.05, 4.69) is 64.1 Å². The minimum Gasteiger partial charge on any atom is -0.468 e. The molecule has 0 aliphatic carbocycles. The lowest BCUT2D eigenvalue weighted by Gasteiger charge is -2.32. The van der Waals surface area contributed by atoms with E-state index in [-0.39, 0.29) is 23.9 Å². The molecule has 0 atom stereocenters. The Hall–Kier alpha value is -1.53. The summed E-state index contributed by atoms with van der Waals surface area (Å²) in [4.78, 5) is 4.58. The molecular formula is C18H27BN2O3. The molecule has 0 amide bonds. The summed E-state index contributed by atoms with van der Waals surface area (Å²) < 4.78 is 19.9. The third-order valence-electron chi connectivity index (χ3n) is 5.03. The highest BCUT2D eigenvalue weighted by molar-refractivity contribution is 6.62. The molecule has 130 valence electrons. The molecule has 1 aliphatic heterocycles. The van der Waals surface area contributed by atoms with E-state index < -0.39 is 0 Å². The summed E-state index contributed by atoms with van der Waals surface area (Å²) in [5.41, 5.74) is 2.07. The van der Waals surface area contributed by atoms with Gasteiger partial charge in [-0.3, -0.25) is 4.57 Å². The topological polar surface area (TPSA) is 45.5 Å². The van der Waals surface area contributed by atoms with Crippen molar-refractivity contribution in [1.82, 2.24) is 9.55 Å². The summed E-state index contributed by atoms with van der Waals surface area (Å²) in [7, 11) is 1.27. The van der Waals surface area contributed by atoms with E-state index in [4.69, 9.17) is 14.0 Å². The van der Waals surface area contributed by atoms with Crippen molar-refractivity contribution >= 4 is 23.6 Å². The number of aromatic nitrogens is 2. The Labute approximate surface area is 144 Å². The van der Waals surface area contributed by atoms with Gasteiger partial charge in [-0.15, -0.1) is 0 Å². The Morgan fingerprint density at radius 2 is 1.67 bits per heavy atom. The van der Waals surface area contributed by atoms with Crippen LogP contribution in [0.5, 0.6) is 6.01 Å². The third kappa shape index (κ3) is 2.62. The van der Waals surface area contributed by atoms with Gasteiger partial charge >= 0.3 is 7.12 Å². The zero-order valence-corrected chi connectivity index (χ0v) is 15.9. The van der Waals surface area contributed by atoms with Gasteiger partial charge < -0.3 is 14.0 Å². The van der Waals surface area contributed by atoms with Crippen LogP contribution in [-0.2, 0) is 14.8 Å². The Kier molecular flexibility index (Phi) is 3.77. The molecule has 24 heavy (non-hydrogen) atoms. The molecule has 1 aromatic carbocycles. The highest BCUT2D eigenvalue weighted by atomic mass is 16.7. The molecule has 2 aromatic rings. The van der Waals surface area contributed by atoms with Crippen molar-refractivity contribution in [3.05, 3.63) is 18.2 Å². The fourth-order valence-electron chi connectivity index (χ4n) is 2.98. The van der Waals surface area contributed by atoms with Gasteiger partial charge in [0.25, 0.3) is 6.01 Å². The van der Waals surface area contributed by atoms with Crippen LogP contribution < -0.4 is 10.2 Å². The van der Waals surface area contributed by atoms with Gasteiger partial charge in [0, 0.05) is 5.54 Å². The summed E-state index contributed by atoms with van der Waals surface area (Å²) >= 11 is 0. The van der Waals surface area contributed by atoms with Crippen LogP contribution in [0.2, 0.25) is 0 Å². The highest BCUT2D eigenvalue weighted by Gasteiger charge is 2.51. The standard InChI is InChI=1S/C18H27BN2O3/c1-16(2,3)21-14-11-12(9-10-13(14)20-15(21)22-8)19-23-17(4,5)18(6,7)24-19/h9-11H,1-8H3. The number of hydrogen-bond donors (Lipinski definition) is 0. The number of imidazole rings is 1. The molecule has 0 radical (unpaired) electrons. The number of methoxy groups -OCH3 is 1. The fourth-order valence-corrected chi connectivity index (χ4v) is 2.98. The molecule has 0 saturated carbocycles. The normalized spacial score (nSPS) is 19.9. The summed E-state index contributed by atoms with van der Waals surface area (Å²) in [5.74, 6) is 0. The molecule has 1 aliphatic rings. The molecule has 6 heteroatoms. The smallest absolute Gasteiger partial charge is 0.468 e. The number of hydrogen-bond acceptors (Lipinski definition) is 4. The largest absolute Gasteiger partial charge is 0.494 e. The first-order valence-corrected chi connectivity index (χ1v) is 8.39. The van der Waals surface area contributed by atoms with Gasteiger partial charge in [0.2, 0.25) is 0 Å². The number of rotatable bonds is 2.